The first-order valence-corrected chi connectivity index (χ1v) is 10.2. The third-order valence-corrected chi connectivity index (χ3v) is 5.90. The van der Waals surface area contributed by atoms with Crippen LogP contribution in [-0.4, -0.2) is 17.3 Å². The number of esters is 1. The lowest BCUT2D eigenvalue weighted by atomic mass is 9.81. The van der Waals surface area contributed by atoms with Crippen LogP contribution in [0.5, 0.6) is 0 Å². The van der Waals surface area contributed by atoms with Crippen LogP contribution >= 0.6 is 11.8 Å². The van der Waals surface area contributed by atoms with Crippen LogP contribution in [0.4, 0.5) is 0 Å². The first kappa shape index (κ1) is 22.1. The van der Waals surface area contributed by atoms with Crippen LogP contribution in [0.15, 0.2) is 23.1 Å². The van der Waals surface area contributed by atoms with Crippen molar-refractivity contribution in [3.05, 3.63) is 29.3 Å². The van der Waals surface area contributed by atoms with Gasteiger partial charge < -0.3 is 4.74 Å². The summed E-state index contributed by atoms with van der Waals surface area (Å²) in [4.78, 5) is 13.7. The van der Waals surface area contributed by atoms with Crippen molar-refractivity contribution >= 4 is 17.7 Å². The third-order valence-electron chi connectivity index (χ3n) is 4.53. The van der Waals surface area contributed by atoms with Crippen LogP contribution in [0.2, 0.25) is 0 Å². The number of carbonyl (C=O) groups excluding carboxylic acids is 1. The van der Waals surface area contributed by atoms with E-state index in [-0.39, 0.29) is 16.8 Å². The second-order valence-electron chi connectivity index (χ2n) is 9.07. The fourth-order valence-corrected chi connectivity index (χ4v) is 3.57. The molecule has 1 aromatic carbocycles. The van der Waals surface area contributed by atoms with E-state index in [0.29, 0.717) is 6.61 Å². The summed E-state index contributed by atoms with van der Waals surface area (Å²) in [6.45, 7) is 20.0. The molecule has 0 N–H and O–H groups in total. The Labute approximate surface area is 159 Å². The van der Waals surface area contributed by atoms with Gasteiger partial charge in [0.1, 0.15) is 4.75 Å². The number of hydrogen-bond donors (Lipinski definition) is 0. The summed E-state index contributed by atoms with van der Waals surface area (Å²) < 4.78 is 4.90. The van der Waals surface area contributed by atoms with Gasteiger partial charge in [0.15, 0.2) is 0 Å². The Morgan fingerprint density at radius 3 is 1.76 bits per heavy atom. The predicted molar refractivity (Wildman–Crippen MR) is 110 cm³/mol. The van der Waals surface area contributed by atoms with E-state index in [1.165, 1.54) is 11.1 Å². The average Bonchev–Trinajstić information content (AvgIpc) is 2.50. The molecule has 0 fully saturated rings. The smallest absolute Gasteiger partial charge is 0.322 e. The molecule has 0 aliphatic rings. The second kappa shape index (κ2) is 8.16. The van der Waals surface area contributed by atoms with Crippen LogP contribution in [0.1, 0.15) is 86.3 Å². The number of rotatable bonds is 6. The number of thioether (sulfide) groups is 1. The zero-order valence-corrected chi connectivity index (χ0v) is 18.4. The fourth-order valence-electron chi connectivity index (χ4n) is 2.39. The van der Waals surface area contributed by atoms with Crippen molar-refractivity contribution in [2.75, 3.05) is 6.61 Å². The van der Waals surface area contributed by atoms with E-state index in [9.17, 15) is 4.79 Å². The van der Waals surface area contributed by atoms with Crippen molar-refractivity contribution in [3.8, 4) is 0 Å². The third kappa shape index (κ3) is 6.06. The molecule has 1 atom stereocenters. The Bertz CT molecular complexity index is 561. The number of benzene rings is 1. The molecule has 0 heterocycles. The van der Waals surface area contributed by atoms with E-state index in [1.54, 1.807) is 11.8 Å². The quantitative estimate of drug-likeness (QED) is 0.426. The van der Waals surface area contributed by atoms with Gasteiger partial charge in [-0.25, -0.2) is 0 Å². The van der Waals surface area contributed by atoms with E-state index in [2.05, 4.69) is 66.7 Å². The molecule has 0 amide bonds. The van der Waals surface area contributed by atoms with Gasteiger partial charge in [-0.2, -0.15) is 0 Å². The van der Waals surface area contributed by atoms with Crippen LogP contribution in [0, 0.1) is 0 Å². The molecule has 0 spiro atoms. The predicted octanol–water partition coefficient (Wildman–Crippen LogP) is 6.50. The molecule has 142 valence electrons. The highest BCUT2D eigenvalue weighted by Crippen LogP contribution is 2.40. The summed E-state index contributed by atoms with van der Waals surface area (Å²) in [7, 11) is 0. The van der Waals surface area contributed by atoms with Crippen molar-refractivity contribution in [1.82, 2.24) is 0 Å². The summed E-state index contributed by atoms with van der Waals surface area (Å²) in [5.74, 6) is -0.111. The van der Waals surface area contributed by atoms with Crippen LogP contribution < -0.4 is 0 Å². The lowest BCUT2D eigenvalue weighted by molar-refractivity contribution is -0.146. The standard InChI is InChI=1S/C22H36O2S/c1-10-12-24-19(23)22(9,11-2)25-18-14-16(20(3,4)5)13-17(15-18)21(6,7)8/h13-15H,10-12H2,1-9H3. The molecule has 0 aliphatic heterocycles. The minimum absolute atomic E-state index is 0.0713. The van der Waals surface area contributed by atoms with Crippen molar-refractivity contribution < 1.29 is 9.53 Å². The highest BCUT2D eigenvalue weighted by molar-refractivity contribution is 8.01. The Kier molecular flexibility index (Phi) is 7.21. The Hall–Kier alpha value is -0.960. The number of carbonyl (C=O) groups is 1. The largest absolute Gasteiger partial charge is 0.465 e. The summed E-state index contributed by atoms with van der Waals surface area (Å²) in [5.41, 5.74) is 2.76. The molecule has 1 rings (SSSR count). The normalized spacial score (nSPS) is 14.9. The minimum atomic E-state index is -0.555. The molecular weight excluding hydrogens is 328 g/mol. The Balaban J connectivity index is 3.28. The van der Waals surface area contributed by atoms with E-state index in [4.69, 9.17) is 4.74 Å². The minimum Gasteiger partial charge on any atom is -0.465 e. The van der Waals surface area contributed by atoms with E-state index >= 15 is 0 Å². The highest BCUT2D eigenvalue weighted by atomic mass is 32.2. The molecule has 0 radical (unpaired) electrons. The van der Waals surface area contributed by atoms with E-state index in [1.807, 2.05) is 13.8 Å². The summed E-state index contributed by atoms with van der Waals surface area (Å²) in [6.07, 6.45) is 1.59. The van der Waals surface area contributed by atoms with Crippen LogP contribution in [-0.2, 0) is 20.4 Å². The van der Waals surface area contributed by atoms with Gasteiger partial charge in [0.2, 0.25) is 0 Å². The van der Waals surface area contributed by atoms with Gasteiger partial charge in [-0.15, -0.1) is 11.8 Å². The Morgan fingerprint density at radius 1 is 0.920 bits per heavy atom. The molecule has 25 heavy (non-hydrogen) atoms. The molecule has 2 nitrogen and oxygen atoms in total. The van der Waals surface area contributed by atoms with Gasteiger partial charge in [-0.3, -0.25) is 4.79 Å². The summed E-state index contributed by atoms with van der Waals surface area (Å²) in [6, 6.07) is 6.78. The van der Waals surface area contributed by atoms with Crippen LogP contribution in [0.3, 0.4) is 0 Å². The summed E-state index contributed by atoms with van der Waals surface area (Å²) in [5, 5.41) is 0. The fraction of sp³-hybridized carbons (Fsp3) is 0.682. The number of ether oxygens (including phenoxy) is 1. The van der Waals surface area contributed by atoms with E-state index in [0.717, 1.165) is 17.7 Å². The monoisotopic (exact) mass is 364 g/mol. The second-order valence-corrected chi connectivity index (χ2v) is 10.6. The molecule has 1 aromatic rings. The lowest BCUT2D eigenvalue weighted by Gasteiger charge is -2.29. The average molecular weight is 365 g/mol. The van der Waals surface area contributed by atoms with Crippen molar-refractivity contribution in [2.24, 2.45) is 0 Å². The lowest BCUT2D eigenvalue weighted by Crippen LogP contribution is -2.33. The van der Waals surface area contributed by atoms with E-state index < -0.39 is 4.75 Å². The van der Waals surface area contributed by atoms with Crippen molar-refractivity contribution in [3.63, 3.8) is 0 Å². The van der Waals surface area contributed by atoms with Crippen LogP contribution in [0.25, 0.3) is 0 Å². The maximum atomic E-state index is 12.6. The molecule has 0 aliphatic carbocycles. The number of hydrogen-bond acceptors (Lipinski definition) is 3. The molecule has 0 bridgehead atoms. The first-order chi connectivity index (χ1) is 11.3. The van der Waals surface area contributed by atoms with Gasteiger partial charge in [0.05, 0.1) is 6.61 Å². The topological polar surface area (TPSA) is 26.3 Å². The van der Waals surface area contributed by atoms with Crippen molar-refractivity contribution in [1.29, 1.82) is 0 Å². The van der Waals surface area contributed by atoms with Gasteiger partial charge in [0, 0.05) is 4.90 Å². The van der Waals surface area contributed by atoms with Gasteiger partial charge >= 0.3 is 5.97 Å². The molecule has 1 unspecified atom stereocenters. The molecule has 3 heteroatoms. The maximum Gasteiger partial charge on any atom is 0.322 e. The Morgan fingerprint density at radius 2 is 1.40 bits per heavy atom. The van der Waals surface area contributed by atoms with Gasteiger partial charge in [-0.1, -0.05) is 61.5 Å². The molecule has 0 aromatic heterocycles. The molecule has 0 saturated heterocycles. The summed E-state index contributed by atoms with van der Waals surface area (Å²) >= 11 is 1.64. The first-order valence-electron chi connectivity index (χ1n) is 9.35. The zero-order valence-electron chi connectivity index (χ0n) is 17.6. The van der Waals surface area contributed by atoms with Gasteiger partial charge in [-0.05, 0) is 53.9 Å². The maximum absolute atomic E-state index is 12.6. The highest BCUT2D eigenvalue weighted by Gasteiger charge is 2.35. The SMILES string of the molecule is CCCOC(=O)C(C)(CC)Sc1cc(C(C)(C)C)cc(C(C)(C)C)c1. The van der Waals surface area contributed by atoms with Crippen molar-refractivity contribution in [2.45, 2.75) is 95.6 Å². The molecular formula is C22H36O2S. The molecule has 0 saturated carbocycles. The zero-order chi connectivity index (χ0) is 19.5. The van der Waals surface area contributed by atoms with Gasteiger partial charge in [0.25, 0.3) is 0 Å².